The normalized spacial score (nSPS) is 7.60. The van der Waals surface area contributed by atoms with Crippen LogP contribution in [-0.2, 0) is 14.4 Å². The number of ketones is 1. The summed E-state index contributed by atoms with van der Waals surface area (Å²) in [6.45, 7) is 0. The molecular formula is C4H5NaO5. The molecule has 0 radical (unpaired) electrons. The van der Waals surface area contributed by atoms with E-state index in [1.165, 1.54) is 0 Å². The van der Waals surface area contributed by atoms with Crippen molar-refractivity contribution in [2.75, 3.05) is 0 Å². The largest absolute Gasteiger partial charge is 1.00 e. The number of aliphatic carboxylic acids is 2. The predicted molar refractivity (Wildman–Crippen MR) is 26.0 cm³/mol. The fraction of sp³-hybridized carbons (Fsp3) is 0.250. The van der Waals surface area contributed by atoms with Gasteiger partial charge in [-0.2, -0.15) is 0 Å². The van der Waals surface area contributed by atoms with E-state index in [4.69, 9.17) is 10.2 Å². The van der Waals surface area contributed by atoms with E-state index in [-0.39, 0.29) is 31.0 Å². The van der Waals surface area contributed by atoms with E-state index in [0.717, 1.165) is 0 Å². The summed E-state index contributed by atoms with van der Waals surface area (Å²) < 4.78 is 0. The van der Waals surface area contributed by atoms with Gasteiger partial charge in [-0.15, -0.1) is 0 Å². The van der Waals surface area contributed by atoms with Crippen LogP contribution in [0.5, 0.6) is 0 Å². The monoisotopic (exact) mass is 156 g/mol. The molecule has 0 atom stereocenters. The van der Waals surface area contributed by atoms with Crippen molar-refractivity contribution in [3.63, 3.8) is 0 Å². The zero-order chi connectivity index (χ0) is 7.44. The van der Waals surface area contributed by atoms with E-state index in [9.17, 15) is 14.4 Å². The maximum Gasteiger partial charge on any atom is 1.00 e. The first-order valence-corrected chi connectivity index (χ1v) is 2.02. The van der Waals surface area contributed by atoms with Crippen LogP contribution in [0.25, 0.3) is 0 Å². The quantitative estimate of drug-likeness (QED) is 0.248. The van der Waals surface area contributed by atoms with Crippen molar-refractivity contribution in [3.05, 3.63) is 0 Å². The molecular weight excluding hydrogens is 151 g/mol. The van der Waals surface area contributed by atoms with Gasteiger partial charge in [0.05, 0.1) is 0 Å². The maximum atomic E-state index is 9.97. The van der Waals surface area contributed by atoms with Gasteiger partial charge in [0.1, 0.15) is 6.42 Å². The molecule has 0 rings (SSSR count). The molecule has 52 valence electrons. The molecule has 10 heavy (non-hydrogen) atoms. The third-order valence-corrected chi connectivity index (χ3v) is 0.550. The summed E-state index contributed by atoms with van der Waals surface area (Å²) in [5, 5.41) is 15.7. The Morgan fingerprint density at radius 2 is 1.60 bits per heavy atom. The molecule has 2 N–H and O–H groups in total. The van der Waals surface area contributed by atoms with Gasteiger partial charge in [-0.1, -0.05) is 0 Å². The molecule has 5 nitrogen and oxygen atoms in total. The molecule has 0 saturated carbocycles. The molecule has 0 aliphatic heterocycles. The van der Waals surface area contributed by atoms with E-state index in [1.54, 1.807) is 0 Å². The van der Waals surface area contributed by atoms with Gasteiger partial charge < -0.3 is 11.6 Å². The zero-order valence-electron chi connectivity index (χ0n) is 6.33. The SMILES string of the molecule is O=C(O)CC(=O)C(=O)O.[H-].[Na+]. The zero-order valence-corrected chi connectivity index (χ0v) is 7.33. The molecule has 0 amide bonds. The van der Waals surface area contributed by atoms with E-state index >= 15 is 0 Å². The second kappa shape index (κ2) is 5.40. The Labute approximate surface area is 79.8 Å². The van der Waals surface area contributed by atoms with Crippen LogP contribution in [0, 0.1) is 0 Å². The molecule has 0 fully saturated rings. The molecule has 0 bridgehead atoms. The molecule has 0 aromatic heterocycles. The minimum atomic E-state index is -1.71. The van der Waals surface area contributed by atoms with Crippen molar-refractivity contribution in [1.29, 1.82) is 0 Å². The Balaban J connectivity index is -0.000000320. The standard InChI is InChI=1S/C4H4O5.Na.H/c5-2(4(8)9)1-3(6)7;;/h1H2,(H,6,7)(H,8,9);;/q;+1;-1. The molecule has 0 unspecified atom stereocenters. The van der Waals surface area contributed by atoms with Gasteiger partial charge in [0, 0.05) is 0 Å². The Bertz CT molecular complexity index is 168. The van der Waals surface area contributed by atoms with Crippen molar-refractivity contribution in [2.45, 2.75) is 6.42 Å². The number of Topliss-reactive ketones (excluding diaryl/α,β-unsaturated/α-hetero) is 1. The summed E-state index contributed by atoms with van der Waals surface area (Å²) in [6.07, 6.45) is -0.949. The smallest absolute Gasteiger partial charge is 1.00 e. The Morgan fingerprint density at radius 3 is 1.70 bits per heavy atom. The summed E-state index contributed by atoms with van der Waals surface area (Å²) in [5.74, 6) is -4.44. The third-order valence-electron chi connectivity index (χ3n) is 0.550. The molecule has 0 heterocycles. The Kier molecular flexibility index (Phi) is 6.64. The van der Waals surface area contributed by atoms with Crippen LogP contribution in [-0.4, -0.2) is 27.9 Å². The fourth-order valence-electron chi connectivity index (χ4n) is 0.213. The minimum absolute atomic E-state index is 0. The van der Waals surface area contributed by atoms with Crippen LogP contribution < -0.4 is 29.6 Å². The van der Waals surface area contributed by atoms with Crippen LogP contribution in [0.4, 0.5) is 0 Å². The summed E-state index contributed by atoms with van der Waals surface area (Å²) >= 11 is 0. The summed E-state index contributed by atoms with van der Waals surface area (Å²) in [5.41, 5.74) is 0. The summed E-state index contributed by atoms with van der Waals surface area (Å²) in [4.78, 5) is 29.2. The number of carboxylic acids is 2. The van der Waals surface area contributed by atoms with E-state index < -0.39 is 24.1 Å². The van der Waals surface area contributed by atoms with Crippen LogP contribution in [0.1, 0.15) is 7.85 Å². The number of carbonyl (C=O) groups is 3. The second-order valence-electron chi connectivity index (χ2n) is 1.30. The van der Waals surface area contributed by atoms with Gasteiger partial charge in [-0.05, 0) is 0 Å². The van der Waals surface area contributed by atoms with Gasteiger partial charge in [0.15, 0.2) is 0 Å². The van der Waals surface area contributed by atoms with E-state index in [1.807, 2.05) is 0 Å². The van der Waals surface area contributed by atoms with Gasteiger partial charge in [0.25, 0.3) is 5.78 Å². The molecule has 6 heteroatoms. The number of rotatable bonds is 3. The first-order valence-electron chi connectivity index (χ1n) is 2.02. The van der Waals surface area contributed by atoms with Gasteiger partial charge >= 0.3 is 41.5 Å². The average molecular weight is 156 g/mol. The molecule has 0 aliphatic carbocycles. The summed E-state index contributed by atoms with van der Waals surface area (Å²) in [7, 11) is 0. The first-order chi connectivity index (χ1) is 4.04. The molecule has 0 saturated heterocycles. The summed E-state index contributed by atoms with van der Waals surface area (Å²) in [6, 6.07) is 0. The number of hydrogen-bond donors (Lipinski definition) is 2. The number of carboxylic acid groups (broad SMARTS) is 2. The molecule has 0 aromatic carbocycles. The van der Waals surface area contributed by atoms with Crippen LogP contribution in [0.3, 0.4) is 0 Å². The minimum Gasteiger partial charge on any atom is -1.00 e. The third kappa shape index (κ3) is 5.74. The van der Waals surface area contributed by atoms with Crippen LogP contribution in [0.15, 0.2) is 0 Å². The van der Waals surface area contributed by atoms with E-state index in [0.29, 0.717) is 0 Å². The van der Waals surface area contributed by atoms with Gasteiger partial charge in [0.2, 0.25) is 0 Å². The molecule has 0 spiro atoms. The van der Waals surface area contributed by atoms with Gasteiger partial charge in [-0.3, -0.25) is 9.59 Å². The maximum absolute atomic E-state index is 9.97. The topological polar surface area (TPSA) is 91.7 Å². The Morgan fingerprint density at radius 1 is 1.20 bits per heavy atom. The fourth-order valence-corrected chi connectivity index (χ4v) is 0.213. The number of hydrogen-bond acceptors (Lipinski definition) is 3. The van der Waals surface area contributed by atoms with Crippen LogP contribution >= 0.6 is 0 Å². The predicted octanol–water partition coefficient (Wildman–Crippen LogP) is -3.77. The van der Waals surface area contributed by atoms with Crippen molar-refractivity contribution in [2.24, 2.45) is 0 Å². The van der Waals surface area contributed by atoms with Gasteiger partial charge in [-0.25, -0.2) is 4.79 Å². The molecule has 0 aromatic rings. The van der Waals surface area contributed by atoms with Crippen LogP contribution in [0.2, 0.25) is 0 Å². The first kappa shape index (κ1) is 12.3. The van der Waals surface area contributed by atoms with E-state index in [2.05, 4.69) is 0 Å². The van der Waals surface area contributed by atoms with Crippen molar-refractivity contribution in [3.8, 4) is 0 Å². The number of carbonyl (C=O) groups excluding carboxylic acids is 1. The second-order valence-corrected chi connectivity index (χ2v) is 1.30. The average Bonchev–Trinajstić information content (AvgIpc) is 1.63. The molecule has 0 aliphatic rings. The van der Waals surface area contributed by atoms with Crippen molar-refractivity contribution in [1.82, 2.24) is 0 Å². The van der Waals surface area contributed by atoms with Crippen molar-refractivity contribution >= 4 is 17.7 Å². The Hall–Kier alpha value is -0.390. The van der Waals surface area contributed by atoms with Crippen molar-refractivity contribution < 1.29 is 55.6 Å².